The zero-order valence-corrected chi connectivity index (χ0v) is 13.4. The van der Waals surface area contributed by atoms with Crippen LogP contribution in [0.1, 0.15) is 15.9 Å². The maximum atomic E-state index is 12.1. The monoisotopic (exact) mass is 352 g/mol. The number of amides is 1. The van der Waals surface area contributed by atoms with E-state index in [1.807, 2.05) is 0 Å². The van der Waals surface area contributed by atoms with Crippen LogP contribution in [0.15, 0.2) is 42.5 Å². The molecule has 5 nitrogen and oxygen atoms in total. The van der Waals surface area contributed by atoms with E-state index < -0.39 is 17.9 Å². The minimum absolute atomic E-state index is 0.0288. The molecule has 1 unspecified atom stereocenters. The molecule has 0 radical (unpaired) electrons. The predicted molar refractivity (Wildman–Crippen MR) is 89.9 cm³/mol. The number of rotatable bonds is 5. The van der Waals surface area contributed by atoms with Gasteiger partial charge in [-0.2, -0.15) is 0 Å². The molecule has 0 aromatic heterocycles. The molecule has 0 fully saturated rings. The van der Waals surface area contributed by atoms with Gasteiger partial charge in [0.2, 0.25) is 0 Å². The van der Waals surface area contributed by atoms with Crippen LogP contribution in [0, 0.1) is 0 Å². The van der Waals surface area contributed by atoms with Gasteiger partial charge in [-0.05, 0) is 48.0 Å². The lowest BCUT2D eigenvalue weighted by molar-refractivity contribution is -0.139. The molecule has 4 N–H and O–H groups in total. The van der Waals surface area contributed by atoms with E-state index in [1.165, 1.54) is 12.1 Å². The van der Waals surface area contributed by atoms with Gasteiger partial charge in [0.1, 0.15) is 6.04 Å². The molecule has 0 saturated heterocycles. The van der Waals surface area contributed by atoms with Crippen molar-refractivity contribution in [2.24, 2.45) is 0 Å². The molecule has 1 atom stereocenters. The first-order valence-electron chi connectivity index (χ1n) is 6.70. The molecule has 0 aliphatic carbocycles. The molecule has 23 heavy (non-hydrogen) atoms. The lowest BCUT2D eigenvalue weighted by atomic mass is 10.0. The number of carbonyl (C=O) groups is 2. The molecule has 2 rings (SSSR count). The Bertz CT molecular complexity index is 733. The van der Waals surface area contributed by atoms with Gasteiger partial charge in [0, 0.05) is 27.7 Å². The molecule has 2 aromatic rings. The van der Waals surface area contributed by atoms with Crippen molar-refractivity contribution in [3.05, 3.63) is 63.6 Å². The average molecular weight is 353 g/mol. The summed E-state index contributed by atoms with van der Waals surface area (Å²) in [5.74, 6) is -1.67. The summed E-state index contributed by atoms with van der Waals surface area (Å²) in [6.45, 7) is 0. The van der Waals surface area contributed by atoms with Crippen molar-refractivity contribution in [2.75, 3.05) is 5.73 Å². The standard InChI is InChI=1S/C16H14Cl2N2O3/c17-11-3-1-9(2-4-11)15(21)20-14(16(22)23)8-10-7-12(18)5-6-13(10)19/h1-7,14H,8,19H2,(H,20,21)(H,22,23). The molecule has 0 aliphatic rings. The molecule has 1 amide bonds. The number of nitrogens with two attached hydrogens (primary N) is 1. The number of anilines is 1. The third-order valence-electron chi connectivity index (χ3n) is 3.24. The van der Waals surface area contributed by atoms with Crippen molar-refractivity contribution in [1.82, 2.24) is 5.32 Å². The van der Waals surface area contributed by atoms with E-state index in [9.17, 15) is 14.7 Å². The van der Waals surface area contributed by atoms with Gasteiger partial charge >= 0.3 is 5.97 Å². The first kappa shape index (κ1) is 17.1. The summed E-state index contributed by atoms with van der Waals surface area (Å²) >= 11 is 11.7. The van der Waals surface area contributed by atoms with Crippen molar-refractivity contribution >= 4 is 40.8 Å². The third kappa shape index (κ3) is 4.61. The normalized spacial score (nSPS) is 11.7. The number of carboxylic acids is 1. The van der Waals surface area contributed by atoms with Crippen molar-refractivity contribution in [3.8, 4) is 0 Å². The van der Waals surface area contributed by atoms with Crippen LogP contribution in [-0.2, 0) is 11.2 Å². The van der Waals surface area contributed by atoms with Crippen LogP contribution >= 0.6 is 23.2 Å². The summed E-state index contributed by atoms with van der Waals surface area (Å²) in [5, 5.41) is 12.7. The van der Waals surface area contributed by atoms with Crippen molar-refractivity contribution < 1.29 is 14.7 Å². The second kappa shape index (κ2) is 7.35. The quantitative estimate of drug-likeness (QED) is 0.721. The number of benzene rings is 2. The van der Waals surface area contributed by atoms with Crippen LogP contribution < -0.4 is 11.1 Å². The highest BCUT2D eigenvalue weighted by atomic mass is 35.5. The number of nitrogen functional groups attached to an aromatic ring is 1. The van der Waals surface area contributed by atoms with E-state index in [0.717, 1.165) is 0 Å². The molecule has 120 valence electrons. The Labute approximate surface area is 143 Å². The molecule has 0 bridgehead atoms. The van der Waals surface area contributed by atoms with E-state index in [-0.39, 0.29) is 6.42 Å². The zero-order valence-electron chi connectivity index (χ0n) is 11.9. The smallest absolute Gasteiger partial charge is 0.326 e. The van der Waals surface area contributed by atoms with Gasteiger partial charge < -0.3 is 16.2 Å². The van der Waals surface area contributed by atoms with E-state index in [1.54, 1.807) is 30.3 Å². The third-order valence-corrected chi connectivity index (χ3v) is 3.73. The minimum atomic E-state index is -1.16. The highest BCUT2D eigenvalue weighted by Crippen LogP contribution is 2.19. The molecule has 0 aliphatic heterocycles. The lowest BCUT2D eigenvalue weighted by Crippen LogP contribution is -2.42. The van der Waals surface area contributed by atoms with Gasteiger partial charge in [-0.1, -0.05) is 23.2 Å². The topological polar surface area (TPSA) is 92.4 Å². The number of hydrogen-bond donors (Lipinski definition) is 3. The van der Waals surface area contributed by atoms with E-state index in [4.69, 9.17) is 28.9 Å². The Morgan fingerprint density at radius 1 is 1.09 bits per heavy atom. The van der Waals surface area contributed by atoms with Crippen LogP contribution in [0.4, 0.5) is 5.69 Å². The highest BCUT2D eigenvalue weighted by molar-refractivity contribution is 6.31. The summed E-state index contributed by atoms with van der Waals surface area (Å²) in [7, 11) is 0. The number of nitrogens with one attached hydrogen (secondary N) is 1. The van der Waals surface area contributed by atoms with Gasteiger partial charge in [0.05, 0.1) is 0 Å². The Morgan fingerprint density at radius 3 is 2.30 bits per heavy atom. The lowest BCUT2D eigenvalue weighted by Gasteiger charge is -2.16. The number of carbonyl (C=O) groups excluding carboxylic acids is 1. The van der Waals surface area contributed by atoms with Crippen LogP contribution in [-0.4, -0.2) is 23.0 Å². The number of hydrogen-bond acceptors (Lipinski definition) is 3. The molecule has 0 spiro atoms. The summed E-state index contributed by atoms with van der Waals surface area (Å²) in [6, 6.07) is 9.82. The fourth-order valence-corrected chi connectivity index (χ4v) is 2.33. The van der Waals surface area contributed by atoms with Crippen LogP contribution in [0.2, 0.25) is 10.0 Å². The first-order chi connectivity index (χ1) is 10.9. The molecule has 0 heterocycles. The molecular weight excluding hydrogens is 339 g/mol. The summed E-state index contributed by atoms with van der Waals surface area (Å²) in [6.07, 6.45) is 0.0288. The van der Waals surface area contributed by atoms with Crippen LogP contribution in [0.5, 0.6) is 0 Å². The number of aliphatic carboxylic acids is 1. The molecule has 0 saturated carbocycles. The molecule has 2 aromatic carbocycles. The first-order valence-corrected chi connectivity index (χ1v) is 7.45. The number of halogens is 2. The van der Waals surface area contributed by atoms with Crippen molar-refractivity contribution in [2.45, 2.75) is 12.5 Å². The minimum Gasteiger partial charge on any atom is -0.480 e. The summed E-state index contributed by atoms with van der Waals surface area (Å²) in [5.41, 5.74) is 7.11. The fraction of sp³-hybridized carbons (Fsp3) is 0.125. The molecular formula is C16H14Cl2N2O3. The van der Waals surface area contributed by atoms with Crippen molar-refractivity contribution in [3.63, 3.8) is 0 Å². The summed E-state index contributed by atoms with van der Waals surface area (Å²) < 4.78 is 0. The predicted octanol–water partition coefficient (Wildman–Crippen LogP) is 3.00. The van der Waals surface area contributed by atoms with E-state index in [2.05, 4.69) is 5.32 Å². The Hall–Kier alpha value is -2.24. The number of carboxylic acid groups (broad SMARTS) is 1. The maximum Gasteiger partial charge on any atom is 0.326 e. The highest BCUT2D eigenvalue weighted by Gasteiger charge is 2.22. The van der Waals surface area contributed by atoms with Gasteiger partial charge in [0.15, 0.2) is 0 Å². The largest absolute Gasteiger partial charge is 0.480 e. The van der Waals surface area contributed by atoms with Crippen LogP contribution in [0.3, 0.4) is 0 Å². The zero-order chi connectivity index (χ0) is 17.0. The second-order valence-corrected chi connectivity index (χ2v) is 5.79. The Kier molecular flexibility index (Phi) is 5.47. The SMILES string of the molecule is Nc1ccc(Cl)cc1CC(NC(=O)c1ccc(Cl)cc1)C(=O)O. The Morgan fingerprint density at radius 2 is 1.70 bits per heavy atom. The van der Waals surface area contributed by atoms with Gasteiger partial charge in [-0.25, -0.2) is 4.79 Å². The Balaban J connectivity index is 2.15. The second-order valence-electron chi connectivity index (χ2n) is 4.92. The van der Waals surface area contributed by atoms with Crippen LogP contribution in [0.25, 0.3) is 0 Å². The maximum absolute atomic E-state index is 12.1. The van der Waals surface area contributed by atoms with E-state index in [0.29, 0.717) is 26.9 Å². The van der Waals surface area contributed by atoms with Gasteiger partial charge in [-0.3, -0.25) is 4.79 Å². The van der Waals surface area contributed by atoms with E-state index >= 15 is 0 Å². The van der Waals surface area contributed by atoms with Crippen molar-refractivity contribution in [1.29, 1.82) is 0 Å². The summed E-state index contributed by atoms with van der Waals surface area (Å²) in [4.78, 5) is 23.5. The average Bonchev–Trinajstić information content (AvgIpc) is 2.50. The molecule has 7 heteroatoms. The van der Waals surface area contributed by atoms with Gasteiger partial charge in [-0.15, -0.1) is 0 Å². The fourth-order valence-electron chi connectivity index (χ4n) is 2.01. The van der Waals surface area contributed by atoms with Gasteiger partial charge in [0.25, 0.3) is 5.91 Å².